The van der Waals surface area contributed by atoms with Gasteiger partial charge in [0.05, 0.1) is 24.9 Å². The number of benzene rings is 1. The number of hydrogen-bond donors (Lipinski definition) is 1. The maximum atomic E-state index is 5.44. The van der Waals surface area contributed by atoms with E-state index in [2.05, 4.69) is 21.8 Å². The molecule has 0 aliphatic carbocycles. The number of aromatic nitrogens is 2. The molecule has 21 heavy (non-hydrogen) atoms. The van der Waals surface area contributed by atoms with Crippen molar-refractivity contribution in [2.24, 2.45) is 0 Å². The number of ether oxygens (including phenoxy) is 2. The van der Waals surface area contributed by atoms with Crippen molar-refractivity contribution < 1.29 is 9.47 Å². The Morgan fingerprint density at radius 2 is 2.00 bits per heavy atom. The summed E-state index contributed by atoms with van der Waals surface area (Å²) in [7, 11) is 1.71. The molecule has 0 spiro atoms. The molecule has 2 rings (SSSR count). The quantitative estimate of drug-likeness (QED) is 0.847. The second-order valence-electron chi connectivity index (χ2n) is 5.00. The van der Waals surface area contributed by atoms with Crippen molar-refractivity contribution in [3.63, 3.8) is 0 Å². The van der Waals surface area contributed by atoms with Crippen molar-refractivity contribution in [3.8, 4) is 5.75 Å². The molecule has 5 nitrogen and oxygen atoms in total. The van der Waals surface area contributed by atoms with Crippen LogP contribution >= 0.6 is 0 Å². The minimum absolute atomic E-state index is 0.224. The predicted octanol–water partition coefficient (Wildman–Crippen LogP) is 3.54. The number of nitrogens with one attached hydrogen (secondary N) is 1. The third-order valence-electron chi connectivity index (χ3n) is 3.16. The van der Waals surface area contributed by atoms with Gasteiger partial charge in [0.1, 0.15) is 5.75 Å². The molecule has 0 saturated heterocycles. The van der Waals surface area contributed by atoms with Gasteiger partial charge in [-0.05, 0) is 45.0 Å². The number of hydrogen-bond acceptors (Lipinski definition) is 4. The Kier molecular flexibility index (Phi) is 5.22. The fourth-order valence-corrected chi connectivity index (χ4v) is 2.20. The summed E-state index contributed by atoms with van der Waals surface area (Å²) < 4.78 is 12.8. The van der Waals surface area contributed by atoms with Gasteiger partial charge < -0.3 is 19.4 Å². The standard InChI is InChI=1S/C16H23N3O2/c1-5-21-15-8-6-14(7-9-15)18-16-17-12(2)10-19(16)13(3)11-20-4/h6-10,13H,5,11H2,1-4H3,(H,17,18). The monoisotopic (exact) mass is 289 g/mol. The molecule has 0 fully saturated rings. The summed E-state index contributed by atoms with van der Waals surface area (Å²) >= 11 is 0. The highest BCUT2D eigenvalue weighted by molar-refractivity contribution is 5.55. The van der Waals surface area contributed by atoms with Gasteiger partial charge in [-0.3, -0.25) is 0 Å². The summed E-state index contributed by atoms with van der Waals surface area (Å²) in [6.07, 6.45) is 2.03. The number of rotatable bonds is 7. The van der Waals surface area contributed by atoms with Crippen molar-refractivity contribution in [1.82, 2.24) is 9.55 Å². The van der Waals surface area contributed by atoms with Crippen LogP contribution in [0.4, 0.5) is 11.6 Å². The molecular formula is C16H23N3O2. The summed E-state index contributed by atoms with van der Waals surface area (Å²) in [6.45, 7) is 7.38. The lowest BCUT2D eigenvalue weighted by molar-refractivity contribution is 0.163. The molecule has 0 aliphatic heterocycles. The van der Waals surface area contributed by atoms with Gasteiger partial charge in [-0.15, -0.1) is 0 Å². The molecule has 0 amide bonds. The summed E-state index contributed by atoms with van der Waals surface area (Å²) in [4.78, 5) is 4.53. The van der Waals surface area contributed by atoms with Gasteiger partial charge in [-0.2, -0.15) is 0 Å². The summed E-state index contributed by atoms with van der Waals surface area (Å²) in [5.74, 6) is 1.69. The van der Waals surface area contributed by atoms with E-state index in [0.717, 1.165) is 23.1 Å². The van der Waals surface area contributed by atoms with Crippen molar-refractivity contribution in [3.05, 3.63) is 36.2 Å². The Labute approximate surface area is 125 Å². The second kappa shape index (κ2) is 7.13. The van der Waals surface area contributed by atoms with Gasteiger partial charge in [-0.1, -0.05) is 0 Å². The van der Waals surface area contributed by atoms with E-state index in [1.54, 1.807) is 7.11 Å². The molecule has 5 heteroatoms. The smallest absolute Gasteiger partial charge is 0.207 e. The van der Waals surface area contributed by atoms with Gasteiger partial charge in [0.2, 0.25) is 5.95 Å². The van der Waals surface area contributed by atoms with Crippen LogP contribution in [0.1, 0.15) is 25.6 Å². The predicted molar refractivity (Wildman–Crippen MR) is 84.4 cm³/mol. The normalized spacial score (nSPS) is 12.2. The minimum atomic E-state index is 0.224. The second-order valence-corrected chi connectivity index (χ2v) is 5.00. The van der Waals surface area contributed by atoms with Crippen LogP contribution in [0.15, 0.2) is 30.5 Å². The third-order valence-corrected chi connectivity index (χ3v) is 3.16. The molecule has 1 aromatic carbocycles. The largest absolute Gasteiger partial charge is 0.494 e. The van der Waals surface area contributed by atoms with Crippen molar-refractivity contribution in [1.29, 1.82) is 0 Å². The Balaban J connectivity index is 2.15. The number of methoxy groups -OCH3 is 1. The van der Waals surface area contributed by atoms with Crippen LogP contribution in [-0.4, -0.2) is 29.9 Å². The lowest BCUT2D eigenvalue weighted by Crippen LogP contribution is -2.12. The molecular weight excluding hydrogens is 266 g/mol. The zero-order valence-corrected chi connectivity index (χ0v) is 13.1. The highest BCUT2D eigenvalue weighted by atomic mass is 16.5. The Morgan fingerprint density at radius 1 is 1.29 bits per heavy atom. The van der Waals surface area contributed by atoms with E-state index in [9.17, 15) is 0 Å². The van der Waals surface area contributed by atoms with E-state index in [1.807, 2.05) is 44.3 Å². The van der Waals surface area contributed by atoms with Crippen LogP contribution in [0.5, 0.6) is 5.75 Å². The number of nitrogens with zero attached hydrogens (tertiary/aromatic N) is 2. The van der Waals surface area contributed by atoms with E-state index < -0.39 is 0 Å². The molecule has 1 N–H and O–H groups in total. The van der Waals surface area contributed by atoms with E-state index in [1.165, 1.54) is 0 Å². The zero-order chi connectivity index (χ0) is 15.2. The fraction of sp³-hybridized carbons (Fsp3) is 0.438. The topological polar surface area (TPSA) is 48.3 Å². The summed E-state index contributed by atoms with van der Waals surface area (Å²) in [6, 6.07) is 8.09. The molecule has 1 aromatic heterocycles. The van der Waals surface area contributed by atoms with Crippen LogP contribution in [0.3, 0.4) is 0 Å². The van der Waals surface area contributed by atoms with E-state index in [4.69, 9.17) is 9.47 Å². The third kappa shape index (κ3) is 3.98. The first-order chi connectivity index (χ1) is 10.1. The van der Waals surface area contributed by atoms with Crippen LogP contribution in [0, 0.1) is 6.92 Å². The molecule has 0 aliphatic rings. The SMILES string of the molecule is CCOc1ccc(Nc2nc(C)cn2C(C)COC)cc1. The highest BCUT2D eigenvalue weighted by Gasteiger charge is 2.12. The Morgan fingerprint density at radius 3 is 2.62 bits per heavy atom. The summed E-state index contributed by atoms with van der Waals surface area (Å²) in [5.41, 5.74) is 1.96. The van der Waals surface area contributed by atoms with Gasteiger partial charge in [0.15, 0.2) is 0 Å². The molecule has 2 aromatic rings. The van der Waals surface area contributed by atoms with Gasteiger partial charge in [0.25, 0.3) is 0 Å². The van der Waals surface area contributed by atoms with Crippen LogP contribution in [0.2, 0.25) is 0 Å². The molecule has 1 unspecified atom stereocenters. The molecule has 0 saturated carbocycles. The van der Waals surface area contributed by atoms with Crippen molar-refractivity contribution >= 4 is 11.6 Å². The molecule has 114 valence electrons. The lowest BCUT2D eigenvalue weighted by Gasteiger charge is -2.16. The molecule has 0 bridgehead atoms. The van der Waals surface area contributed by atoms with Crippen LogP contribution in [-0.2, 0) is 4.74 Å². The maximum Gasteiger partial charge on any atom is 0.207 e. The Bertz CT molecular complexity index is 563. The molecule has 1 atom stereocenters. The first-order valence-electron chi connectivity index (χ1n) is 7.18. The summed E-state index contributed by atoms with van der Waals surface area (Å²) in [5, 5.41) is 3.34. The Hall–Kier alpha value is -2.01. The number of imidazole rings is 1. The van der Waals surface area contributed by atoms with Gasteiger partial charge >= 0.3 is 0 Å². The lowest BCUT2D eigenvalue weighted by atomic mass is 10.3. The first kappa shape index (κ1) is 15.4. The van der Waals surface area contributed by atoms with Gasteiger partial charge in [0, 0.05) is 19.0 Å². The number of anilines is 2. The minimum Gasteiger partial charge on any atom is -0.494 e. The van der Waals surface area contributed by atoms with Crippen LogP contribution in [0.25, 0.3) is 0 Å². The van der Waals surface area contributed by atoms with E-state index >= 15 is 0 Å². The van der Waals surface area contributed by atoms with Crippen LogP contribution < -0.4 is 10.1 Å². The van der Waals surface area contributed by atoms with E-state index in [-0.39, 0.29) is 6.04 Å². The fourth-order valence-electron chi connectivity index (χ4n) is 2.20. The first-order valence-corrected chi connectivity index (χ1v) is 7.18. The maximum absolute atomic E-state index is 5.44. The average molecular weight is 289 g/mol. The average Bonchev–Trinajstić information content (AvgIpc) is 2.82. The zero-order valence-electron chi connectivity index (χ0n) is 13.1. The highest BCUT2D eigenvalue weighted by Crippen LogP contribution is 2.22. The molecule has 0 radical (unpaired) electrons. The molecule has 1 heterocycles. The van der Waals surface area contributed by atoms with Crippen molar-refractivity contribution in [2.45, 2.75) is 26.8 Å². The van der Waals surface area contributed by atoms with Crippen molar-refractivity contribution in [2.75, 3.05) is 25.6 Å². The van der Waals surface area contributed by atoms with Gasteiger partial charge in [-0.25, -0.2) is 4.98 Å². The van der Waals surface area contributed by atoms with E-state index in [0.29, 0.717) is 13.2 Å². The number of aryl methyl sites for hydroxylation is 1.